The first-order chi connectivity index (χ1) is 17.0. The van der Waals surface area contributed by atoms with Crippen LogP contribution in [0, 0.1) is 0 Å². The maximum absolute atomic E-state index is 13.8. The first-order valence-corrected chi connectivity index (χ1v) is 11.9. The summed E-state index contributed by atoms with van der Waals surface area (Å²) in [7, 11) is 4.05. The SMILES string of the molecule is CCOc1ccc(NC(=O)N2Cc3ccccc3-n3cccc3[C@H]2c2ccc(N(C)C)cc2)cc1. The fraction of sp³-hybridized carbons (Fsp3) is 0.207. The third kappa shape index (κ3) is 4.47. The lowest BCUT2D eigenvalue weighted by Gasteiger charge is -2.31. The molecule has 1 aliphatic rings. The molecule has 1 atom stereocenters. The van der Waals surface area contributed by atoms with Crippen LogP contribution in [0.1, 0.15) is 29.8 Å². The van der Waals surface area contributed by atoms with Crippen LogP contribution < -0.4 is 15.0 Å². The first-order valence-electron chi connectivity index (χ1n) is 11.9. The van der Waals surface area contributed by atoms with Gasteiger partial charge in [0.2, 0.25) is 0 Å². The van der Waals surface area contributed by atoms with Crippen molar-refractivity contribution < 1.29 is 9.53 Å². The van der Waals surface area contributed by atoms with Crippen LogP contribution in [0.25, 0.3) is 5.69 Å². The summed E-state index contributed by atoms with van der Waals surface area (Å²) in [5.41, 5.74) is 6.15. The number of urea groups is 1. The average Bonchev–Trinajstić information content (AvgIpc) is 3.30. The van der Waals surface area contributed by atoms with E-state index in [0.717, 1.165) is 39.6 Å². The molecule has 1 aromatic heterocycles. The number of para-hydroxylation sites is 1. The molecule has 0 saturated carbocycles. The molecule has 0 fully saturated rings. The second kappa shape index (κ2) is 9.58. The van der Waals surface area contributed by atoms with E-state index in [0.29, 0.717) is 13.2 Å². The smallest absolute Gasteiger partial charge is 0.322 e. The van der Waals surface area contributed by atoms with Crippen molar-refractivity contribution in [1.82, 2.24) is 9.47 Å². The Hall–Kier alpha value is -4.19. The lowest BCUT2D eigenvalue weighted by atomic mass is 10.0. The van der Waals surface area contributed by atoms with Crippen molar-refractivity contribution >= 4 is 17.4 Å². The summed E-state index contributed by atoms with van der Waals surface area (Å²) < 4.78 is 7.74. The number of anilines is 2. The fourth-order valence-electron chi connectivity index (χ4n) is 4.64. The second-order valence-electron chi connectivity index (χ2n) is 8.84. The van der Waals surface area contributed by atoms with Gasteiger partial charge in [0.15, 0.2) is 0 Å². The lowest BCUT2D eigenvalue weighted by molar-refractivity contribution is 0.194. The Bertz CT molecular complexity index is 1310. The molecule has 3 aromatic carbocycles. The Labute approximate surface area is 206 Å². The van der Waals surface area contributed by atoms with Gasteiger partial charge in [-0.25, -0.2) is 4.79 Å². The molecular weight excluding hydrogens is 436 g/mol. The molecule has 5 rings (SSSR count). The number of fused-ring (bicyclic) bond motifs is 3. The van der Waals surface area contributed by atoms with Crippen molar-refractivity contribution in [2.45, 2.75) is 19.5 Å². The molecule has 2 heterocycles. The number of amides is 2. The number of carbonyl (C=O) groups excluding carboxylic acids is 1. The Morgan fingerprint density at radius 1 is 0.971 bits per heavy atom. The van der Waals surface area contributed by atoms with Crippen LogP contribution in [0.2, 0.25) is 0 Å². The summed E-state index contributed by atoms with van der Waals surface area (Å²) in [6, 6.07) is 27.9. The predicted octanol–water partition coefficient (Wildman–Crippen LogP) is 6.08. The third-order valence-corrected chi connectivity index (χ3v) is 6.37. The van der Waals surface area contributed by atoms with Crippen LogP contribution in [-0.4, -0.2) is 36.2 Å². The van der Waals surface area contributed by atoms with Crippen LogP contribution in [0.5, 0.6) is 5.75 Å². The predicted molar refractivity (Wildman–Crippen MR) is 141 cm³/mol. The second-order valence-corrected chi connectivity index (χ2v) is 8.84. The van der Waals surface area contributed by atoms with E-state index < -0.39 is 0 Å². The Morgan fingerprint density at radius 3 is 2.43 bits per heavy atom. The molecule has 4 aromatic rings. The highest BCUT2D eigenvalue weighted by molar-refractivity contribution is 5.90. The molecule has 0 spiro atoms. The summed E-state index contributed by atoms with van der Waals surface area (Å²) >= 11 is 0. The molecule has 0 aliphatic carbocycles. The summed E-state index contributed by atoms with van der Waals surface area (Å²) in [5.74, 6) is 0.783. The number of rotatable bonds is 5. The zero-order chi connectivity index (χ0) is 24.4. The standard InChI is InChI=1S/C29H30N4O2/c1-4-35-25-17-13-23(14-18-25)30-29(34)33-20-22-8-5-6-9-26(22)32-19-7-10-27(32)28(33)21-11-15-24(16-12-21)31(2)3/h5-19,28H,4,20H2,1-3H3,(H,30,34)/t28-/m1/s1. The van der Waals surface area contributed by atoms with Gasteiger partial charge in [-0.2, -0.15) is 0 Å². The Morgan fingerprint density at radius 2 is 1.71 bits per heavy atom. The van der Waals surface area contributed by atoms with E-state index in [1.54, 1.807) is 0 Å². The number of hydrogen-bond acceptors (Lipinski definition) is 3. The van der Waals surface area contributed by atoms with Gasteiger partial charge < -0.3 is 24.4 Å². The number of nitrogens with zero attached hydrogens (tertiary/aromatic N) is 3. The summed E-state index contributed by atoms with van der Waals surface area (Å²) in [4.78, 5) is 17.8. The van der Waals surface area contributed by atoms with Crippen molar-refractivity contribution in [2.24, 2.45) is 0 Å². The van der Waals surface area contributed by atoms with Crippen LogP contribution in [-0.2, 0) is 6.54 Å². The van der Waals surface area contributed by atoms with E-state index in [1.807, 2.05) is 68.4 Å². The van der Waals surface area contributed by atoms with Gasteiger partial charge in [-0.15, -0.1) is 0 Å². The number of carbonyl (C=O) groups is 1. The van der Waals surface area contributed by atoms with Gasteiger partial charge >= 0.3 is 6.03 Å². The van der Waals surface area contributed by atoms with Crippen LogP contribution in [0.3, 0.4) is 0 Å². The largest absolute Gasteiger partial charge is 0.494 e. The number of aromatic nitrogens is 1. The molecule has 6 nitrogen and oxygen atoms in total. The maximum atomic E-state index is 13.8. The van der Waals surface area contributed by atoms with E-state index in [1.165, 1.54) is 0 Å². The minimum absolute atomic E-state index is 0.153. The number of benzene rings is 3. The number of ether oxygens (including phenoxy) is 1. The van der Waals surface area contributed by atoms with Gasteiger partial charge in [0, 0.05) is 37.4 Å². The minimum atomic E-state index is -0.253. The summed E-state index contributed by atoms with van der Waals surface area (Å²) in [5, 5.41) is 3.11. The normalized spacial score (nSPS) is 14.5. The number of nitrogens with one attached hydrogen (secondary N) is 1. The van der Waals surface area contributed by atoms with Gasteiger partial charge in [-0.05, 0) is 72.6 Å². The lowest BCUT2D eigenvalue weighted by Crippen LogP contribution is -2.37. The molecule has 1 aliphatic heterocycles. The molecular formula is C29H30N4O2. The van der Waals surface area contributed by atoms with Crippen molar-refractivity contribution in [3.63, 3.8) is 0 Å². The molecule has 0 unspecified atom stereocenters. The highest BCUT2D eigenvalue weighted by Gasteiger charge is 2.33. The molecule has 2 amide bonds. The molecule has 178 valence electrons. The monoisotopic (exact) mass is 466 g/mol. The number of hydrogen-bond donors (Lipinski definition) is 1. The van der Waals surface area contributed by atoms with E-state index in [2.05, 4.69) is 63.4 Å². The van der Waals surface area contributed by atoms with Crippen molar-refractivity contribution in [2.75, 3.05) is 30.9 Å². The van der Waals surface area contributed by atoms with Crippen molar-refractivity contribution in [3.8, 4) is 11.4 Å². The zero-order valence-corrected chi connectivity index (χ0v) is 20.3. The third-order valence-electron chi connectivity index (χ3n) is 6.37. The zero-order valence-electron chi connectivity index (χ0n) is 20.3. The Kier molecular flexibility index (Phi) is 6.19. The fourth-order valence-corrected chi connectivity index (χ4v) is 4.64. The van der Waals surface area contributed by atoms with E-state index >= 15 is 0 Å². The van der Waals surface area contributed by atoms with E-state index in [-0.39, 0.29) is 12.1 Å². The molecule has 0 saturated heterocycles. The summed E-state index contributed by atoms with van der Waals surface area (Å²) in [6.07, 6.45) is 2.07. The van der Waals surface area contributed by atoms with Crippen LogP contribution in [0.4, 0.5) is 16.2 Å². The average molecular weight is 467 g/mol. The quantitative estimate of drug-likeness (QED) is 0.388. The minimum Gasteiger partial charge on any atom is -0.494 e. The maximum Gasteiger partial charge on any atom is 0.322 e. The molecule has 35 heavy (non-hydrogen) atoms. The van der Waals surface area contributed by atoms with Gasteiger partial charge in [0.1, 0.15) is 5.75 Å². The molecule has 0 radical (unpaired) electrons. The van der Waals surface area contributed by atoms with Crippen LogP contribution >= 0.6 is 0 Å². The van der Waals surface area contributed by atoms with Crippen molar-refractivity contribution in [1.29, 1.82) is 0 Å². The van der Waals surface area contributed by atoms with Gasteiger partial charge in [0.25, 0.3) is 0 Å². The van der Waals surface area contributed by atoms with Gasteiger partial charge in [-0.1, -0.05) is 30.3 Å². The molecule has 1 N–H and O–H groups in total. The van der Waals surface area contributed by atoms with Crippen LogP contribution in [0.15, 0.2) is 91.1 Å². The topological polar surface area (TPSA) is 49.7 Å². The molecule has 0 bridgehead atoms. The first kappa shape index (κ1) is 22.6. The van der Waals surface area contributed by atoms with Crippen molar-refractivity contribution in [3.05, 3.63) is 108 Å². The van der Waals surface area contributed by atoms with Gasteiger partial charge in [-0.3, -0.25) is 0 Å². The van der Waals surface area contributed by atoms with E-state index in [9.17, 15) is 4.79 Å². The highest BCUT2D eigenvalue weighted by atomic mass is 16.5. The molecule has 6 heteroatoms. The highest BCUT2D eigenvalue weighted by Crippen LogP contribution is 2.37. The summed E-state index contributed by atoms with van der Waals surface area (Å²) in [6.45, 7) is 3.04. The Balaban J connectivity index is 1.55. The van der Waals surface area contributed by atoms with Gasteiger partial charge in [0.05, 0.1) is 24.9 Å². The van der Waals surface area contributed by atoms with E-state index in [4.69, 9.17) is 4.74 Å².